The number of Topliss-reactive ketones (excluding diaryl/α,β-unsaturated/α-hetero) is 1. The normalized spacial score (nSPS) is 11.0. The van der Waals surface area contributed by atoms with E-state index in [0.29, 0.717) is 17.9 Å². The average Bonchev–Trinajstić information content (AvgIpc) is 2.42. The Morgan fingerprint density at radius 3 is 2.26 bits per heavy atom. The van der Waals surface area contributed by atoms with Crippen molar-refractivity contribution >= 4 is 29.0 Å². The number of carboxylic acids is 1. The van der Waals surface area contributed by atoms with Gasteiger partial charge in [-0.25, -0.2) is 4.79 Å². The highest BCUT2D eigenvalue weighted by Crippen LogP contribution is 2.26. The quantitative estimate of drug-likeness (QED) is 0.841. The van der Waals surface area contributed by atoms with Gasteiger partial charge in [-0.1, -0.05) is 20.8 Å². The number of carbonyl (C=O) groups excluding carboxylic acids is 2. The minimum Gasteiger partial charge on any atom is -0.478 e. The van der Waals surface area contributed by atoms with Crippen molar-refractivity contribution in [3.8, 4) is 0 Å². The van der Waals surface area contributed by atoms with Crippen LogP contribution >= 0.6 is 0 Å². The fraction of sp³-hybridized carbons (Fsp3) is 0.471. The van der Waals surface area contributed by atoms with E-state index in [9.17, 15) is 19.5 Å². The van der Waals surface area contributed by atoms with Crippen molar-refractivity contribution in [3.05, 3.63) is 23.8 Å². The molecule has 1 aromatic carbocycles. The maximum atomic E-state index is 12.3. The van der Waals surface area contributed by atoms with Crippen molar-refractivity contribution < 1.29 is 19.5 Å². The minimum absolute atomic E-state index is 0.0293. The molecule has 0 fully saturated rings. The molecule has 126 valence electrons. The van der Waals surface area contributed by atoms with Crippen LogP contribution in [0, 0.1) is 5.41 Å². The molecule has 1 aromatic rings. The summed E-state index contributed by atoms with van der Waals surface area (Å²) in [7, 11) is 0. The molecule has 0 saturated heterocycles. The molecule has 0 radical (unpaired) electrons. The van der Waals surface area contributed by atoms with Crippen LogP contribution < -0.4 is 10.2 Å². The van der Waals surface area contributed by atoms with Crippen LogP contribution in [0.25, 0.3) is 0 Å². The first-order valence-corrected chi connectivity index (χ1v) is 7.49. The molecule has 0 aromatic heterocycles. The lowest BCUT2D eigenvalue weighted by atomic mass is 9.90. The highest BCUT2D eigenvalue weighted by atomic mass is 16.4. The van der Waals surface area contributed by atoms with Crippen molar-refractivity contribution in [2.45, 2.75) is 34.6 Å². The Hall–Kier alpha value is -2.37. The SMILES string of the molecule is CCN(CC(=O)C(C)(C)C)c1ccc(NC(C)=O)cc1C(=O)O. The number of nitrogens with zero attached hydrogens (tertiary/aromatic N) is 1. The molecule has 0 saturated carbocycles. The van der Waals surface area contributed by atoms with E-state index in [-0.39, 0.29) is 23.8 Å². The van der Waals surface area contributed by atoms with Crippen molar-refractivity contribution in [1.82, 2.24) is 0 Å². The van der Waals surface area contributed by atoms with Gasteiger partial charge < -0.3 is 15.3 Å². The molecule has 0 aliphatic carbocycles. The van der Waals surface area contributed by atoms with E-state index in [4.69, 9.17) is 0 Å². The predicted octanol–water partition coefficient (Wildman–Crippen LogP) is 2.78. The van der Waals surface area contributed by atoms with Gasteiger partial charge in [-0.3, -0.25) is 9.59 Å². The van der Waals surface area contributed by atoms with E-state index >= 15 is 0 Å². The Bertz CT molecular complexity index is 618. The third kappa shape index (κ3) is 5.09. The molecule has 0 spiro atoms. The molecule has 0 aliphatic heterocycles. The molecule has 0 heterocycles. The van der Waals surface area contributed by atoms with Crippen LogP contribution in [0.3, 0.4) is 0 Å². The Morgan fingerprint density at radius 1 is 1.22 bits per heavy atom. The summed E-state index contributed by atoms with van der Waals surface area (Å²) in [6.45, 7) is 9.36. The van der Waals surface area contributed by atoms with Gasteiger partial charge in [0.05, 0.1) is 17.8 Å². The summed E-state index contributed by atoms with van der Waals surface area (Å²) < 4.78 is 0. The zero-order valence-electron chi connectivity index (χ0n) is 14.3. The number of ketones is 1. The molecule has 0 atom stereocenters. The largest absolute Gasteiger partial charge is 0.478 e. The number of nitrogens with one attached hydrogen (secondary N) is 1. The number of hydrogen-bond donors (Lipinski definition) is 2. The van der Waals surface area contributed by atoms with Crippen molar-refractivity contribution in [1.29, 1.82) is 0 Å². The first-order chi connectivity index (χ1) is 10.6. The van der Waals surface area contributed by atoms with Crippen LogP contribution in [0.1, 0.15) is 45.0 Å². The lowest BCUT2D eigenvalue weighted by Crippen LogP contribution is -2.36. The number of likely N-dealkylation sites (N-methyl/N-ethyl adjacent to an activating group) is 1. The van der Waals surface area contributed by atoms with Gasteiger partial charge in [0.25, 0.3) is 0 Å². The van der Waals surface area contributed by atoms with Crippen LogP contribution in [-0.4, -0.2) is 35.9 Å². The molecule has 6 heteroatoms. The second-order valence-electron chi connectivity index (χ2n) is 6.41. The third-order valence-electron chi connectivity index (χ3n) is 3.44. The van der Waals surface area contributed by atoms with Crippen LogP contribution in [0.15, 0.2) is 18.2 Å². The van der Waals surface area contributed by atoms with Crippen molar-refractivity contribution in [2.24, 2.45) is 5.41 Å². The first kappa shape index (κ1) is 18.7. The molecule has 1 amide bonds. The van der Waals surface area contributed by atoms with Crippen LogP contribution in [-0.2, 0) is 9.59 Å². The fourth-order valence-corrected chi connectivity index (χ4v) is 2.04. The second-order valence-corrected chi connectivity index (χ2v) is 6.41. The van der Waals surface area contributed by atoms with Crippen LogP contribution in [0.4, 0.5) is 11.4 Å². The molecular formula is C17H24N2O4. The van der Waals surface area contributed by atoms with E-state index in [1.807, 2.05) is 27.7 Å². The number of carboxylic acid groups (broad SMARTS) is 1. The summed E-state index contributed by atoms with van der Waals surface area (Å²) in [5.41, 5.74) is 0.441. The number of benzene rings is 1. The fourth-order valence-electron chi connectivity index (χ4n) is 2.04. The van der Waals surface area contributed by atoms with Gasteiger partial charge in [-0.15, -0.1) is 0 Å². The number of rotatable bonds is 6. The first-order valence-electron chi connectivity index (χ1n) is 7.49. The highest BCUT2D eigenvalue weighted by molar-refractivity contribution is 5.98. The van der Waals surface area contributed by atoms with Gasteiger partial charge in [0, 0.05) is 24.6 Å². The third-order valence-corrected chi connectivity index (χ3v) is 3.44. The van der Waals surface area contributed by atoms with Gasteiger partial charge in [-0.05, 0) is 25.1 Å². The van der Waals surface area contributed by atoms with E-state index in [1.165, 1.54) is 13.0 Å². The van der Waals surface area contributed by atoms with E-state index in [0.717, 1.165) is 0 Å². The maximum absolute atomic E-state index is 12.3. The number of hydrogen-bond acceptors (Lipinski definition) is 4. The molecule has 1 rings (SSSR count). The summed E-state index contributed by atoms with van der Waals surface area (Å²) in [6, 6.07) is 4.66. The van der Waals surface area contributed by atoms with Gasteiger partial charge >= 0.3 is 5.97 Å². The van der Waals surface area contributed by atoms with Crippen LogP contribution in [0.2, 0.25) is 0 Å². The van der Waals surface area contributed by atoms with E-state index in [2.05, 4.69) is 5.32 Å². The summed E-state index contributed by atoms with van der Waals surface area (Å²) in [4.78, 5) is 36.6. The number of anilines is 2. The summed E-state index contributed by atoms with van der Waals surface area (Å²) in [5, 5.41) is 12.0. The molecular weight excluding hydrogens is 296 g/mol. The summed E-state index contributed by atoms with van der Waals surface area (Å²) >= 11 is 0. The molecule has 2 N–H and O–H groups in total. The molecule has 0 aliphatic rings. The molecule has 23 heavy (non-hydrogen) atoms. The monoisotopic (exact) mass is 320 g/mol. The molecule has 0 unspecified atom stereocenters. The van der Waals surface area contributed by atoms with Gasteiger partial charge in [0.2, 0.25) is 5.91 Å². The smallest absolute Gasteiger partial charge is 0.337 e. The van der Waals surface area contributed by atoms with Crippen molar-refractivity contribution in [2.75, 3.05) is 23.3 Å². The summed E-state index contributed by atoms with van der Waals surface area (Å²) in [5.74, 6) is -1.35. The lowest BCUT2D eigenvalue weighted by Gasteiger charge is -2.27. The average molecular weight is 320 g/mol. The standard InChI is InChI=1S/C17H24N2O4/c1-6-19(10-15(21)17(3,4)5)14-8-7-12(18-11(2)20)9-13(14)16(22)23/h7-9H,6,10H2,1-5H3,(H,18,20)(H,22,23). The van der Waals surface area contributed by atoms with Gasteiger partial charge in [-0.2, -0.15) is 0 Å². The van der Waals surface area contributed by atoms with Crippen LogP contribution in [0.5, 0.6) is 0 Å². The Balaban J connectivity index is 3.19. The van der Waals surface area contributed by atoms with E-state index < -0.39 is 11.4 Å². The second kappa shape index (κ2) is 7.26. The molecule has 0 bridgehead atoms. The number of carbonyl (C=O) groups is 3. The molecule has 6 nitrogen and oxygen atoms in total. The lowest BCUT2D eigenvalue weighted by molar-refractivity contribution is -0.124. The highest BCUT2D eigenvalue weighted by Gasteiger charge is 2.25. The Kier molecular flexibility index (Phi) is 5.90. The topological polar surface area (TPSA) is 86.7 Å². The Morgan fingerprint density at radius 2 is 1.83 bits per heavy atom. The van der Waals surface area contributed by atoms with Crippen molar-refractivity contribution in [3.63, 3.8) is 0 Å². The van der Waals surface area contributed by atoms with Gasteiger partial charge in [0.15, 0.2) is 5.78 Å². The zero-order chi connectivity index (χ0) is 17.8. The number of aromatic carboxylic acids is 1. The predicted molar refractivity (Wildman–Crippen MR) is 90.1 cm³/mol. The minimum atomic E-state index is -1.10. The summed E-state index contributed by atoms with van der Waals surface area (Å²) in [6.07, 6.45) is 0. The van der Waals surface area contributed by atoms with Gasteiger partial charge in [0.1, 0.15) is 0 Å². The number of amides is 1. The maximum Gasteiger partial charge on any atom is 0.337 e. The zero-order valence-corrected chi connectivity index (χ0v) is 14.3. The Labute approximate surface area is 136 Å². The van der Waals surface area contributed by atoms with E-state index in [1.54, 1.807) is 17.0 Å².